The number of nitrogens with two attached hydrogens (primary N) is 2. The van der Waals surface area contributed by atoms with Gasteiger partial charge in [-0.25, -0.2) is 4.99 Å². The lowest BCUT2D eigenvalue weighted by atomic mass is 10.1. The van der Waals surface area contributed by atoms with Crippen molar-refractivity contribution >= 4 is 41.4 Å². The van der Waals surface area contributed by atoms with Crippen LogP contribution >= 0.6 is 11.9 Å². The zero-order valence-corrected chi connectivity index (χ0v) is 16.9. The first-order valence-electron chi connectivity index (χ1n) is 8.71. The molecule has 0 radical (unpaired) electrons. The minimum Gasteiger partial charge on any atom is -0.507 e. The van der Waals surface area contributed by atoms with E-state index in [2.05, 4.69) is 15.0 Å². The third-order valence-corrected chi connectivity index (χ3v) is 4.45. The SMILES string of the molecule is CC(C)Oc1ccc(NSc2cc(C(N)=O)c(O)cc2NCC(N)=NC=N)cc1. The van der Waals surface area contributed by atoms with Gasteiger partial charge in [0.25, 0.3) is 5.91 Å². The Morgan fingerprint density at radius 2 is 2.00 bits per heavy atom. The Morgan fingerprint density at radius 1 is 1.31 bits per heavy atom. The van der Waals surface area contributed by atoms with Gasteiger partial charge in [-0.05, 0) is 56.1 Å². The van der Waals surface area contributed by atoms with Crippen LogP contribution in [0.5, 0.6) is 11.5 Å². The monoisotopic (exact) mass is 416 g/mol. The number of aromatic hydroxyl groups is 1. The van der Waals surface area contributed by atoms with Crippen LogP contribution in [0, 0.1) is 5.41 Å². The van der Waals surface area contributed by atoms with Crippen molar-refractivity contribution in [1.82, 2.24) is 0 Å². The van der Waals surface area contributed by atoms with E-state index in [9.17, 15) is 9.90 Å². The van der Waals surface area contributed by atoms with Gasteiger partial charge in [0, 0.05) is 11.8 Å². The minimum absolute atomic E-state index is 0.00154. The second-order valence-electron chi connectivity index (χ2n) is 6.23. The third kappa shape index (κ3) is 6.61. The van der Waals surface area contributed by atoms with E-state index in [1.165, 1.54) is 24.1 Å². The molecule has 0 bridgehead atoms. The Labute approximate surface area is 173 Å². The second-order valence-corrected chi connectivity index (χ2v) is 7.08. The molecular formula is C19H24N6O3S. The highest BCUT2D eigenvalue weighted by atomic mass is 32.2. The van der Waals surface area contributed by atoms with Crippen LogP contribution in [0.25, 0.3) is 0 Å². The molecule has 0 heterocycles. The molecule has 10 heteroatoms. The summed E-state index contributed by atoms with van der Waals surface area (Å²) in [6.07, 6.45) is 0.929. The van der Waals surface area contributed by atoms with Gasteiger partial charge in [0.15, 0.2) is 0 Å². The molecule has 2 aromatic rings. The lowest BCUT2D eigenvalue weighted by Crippen LogP contribution is -2.23. The van der Waals surface area contributed by atoms with Crippen molar-refractivity contribution in [2.45, 2.75) is 24.8 Å². The number of anilines is 2. The van der Waals surface area contributed by atoms with Crippen molar-refractivity contribution in [3.05, 3.63) is 42.0 Å². The van der Waals surface area contributed by atoms with E-state index in [4.69, 9.17) is 21.6 Å². The molecule has 1 amide bonds. The summed E-state index contributed by atoms with van der Waals surface area (Å²) in [5.41, 5.74) is 12.3. The molecule has 0 atom stereocenters. The lowest BCUT2D eigenvalue weighted by Gasteiger charge is -2.15. The number of hydrogen-bond acceptors (Lipinski definition) is 7. The number of carbonyl (C=O) groups excluding carboxylic acids is 1. The second kappa shape index (κ2) is 10.2. The van der Waals surface area contributed by atoms with E-state index in [0.717, 1.165) is 17.8 Å². The first kappa shape index (κ1) is 21.9. The topological polar surface area (TPSA) is 159 Å². The molecule has 2 aromatic carbocycles. The molecule has 9 nitrogen and oxygen atoms in total. The van der Waals surface area contributed by atoms with Crippen LogP contribution in [0.4, 0.5) is 11.4 Å². The number of aliphatic imine (C=N–C) groups is 1. The maximum absolute atomic E-state index is 11.6. The van der Waals surface area contributed by atoms with E-state index in [-0.39, 0.29) is 29.8 Å². The molecule has 0 saturated carbocycles. The van der Waals surface area contributed by atoms with Gasteiger partial charge in [0.1, 0.15) is 23.7 Å². The van der Waals surface area contributed by atoms with Crippen LogP contribution in [-0.4, -0.2) is 35.8 Å². The smallest absolute Gasteiger partial charge is 0.252 e. The Kier molecular flexibility index (Phi) is 7.72. The van der Waals surface area contributed by atoms with Crippen LogP contribution in [0.1, 0.15) is 24.2 Å². The summed E-state index contributed by atoms with van der Waals surface area (Å²) in [6.45, 7) is 4.06. The molecule has 2 rings (SSSR count). The number of nitrogens with one attached hydrogen (secondary N) is 3. The van der Waals surface area contributed by atoms with Crippen molar-refractivity contribution in [1.29, 1.82) is 5.41 Å². The van der Waals surface area contributed by atoms with Gasteiger partial charge < -0.3 is 31.3 Å². The van der Waals surface area contributed by atoms with Crippen molar-refractivity contribution in [3.63, 3.8) is 0 Å². The first-order valence-corrected chi connectivity index (χ1v) is 9.53. The van der Waals surface area contributed by atoms with Crippen molar-refractivity contribution in [2.75, 3.05) is 16.6 Å². The summed E-state index contributed by atoms with van der Waals surface area (Å²) in [7, 11) is 0. The van der Waals surface area contributed by atoms with Gasteiger partial charge in [-0.2, -0.15) is 0 Å². The third-order valence-electron chi connectivity index (χ3n) is 3.56. The fraction of sp³-hybridized carbons (Fsp3) is 0.211. The van der Waals surface area contributed by atoms with E-state index in [1.807, 2.05) is 38.1 Å². The zero-order valence-electron chi connectivity index (χ0n) is 16.1. The Hall–Kier alpha value is -3.40. The summed E-state index contributed by atoms with van der Waals surface area (Å²) in [5, 5.41) is 20.0. The maximum Gasteiger partial charge on any atom is 0.252 e. The predicted molar refractivity (Wildman–Crippen MR) is 117 cm³/mol. The van der Waals surface area contributed by atoms with Gasteiger partial charge in [0.2, 0.25) is 0 Å². The van der Waals surface area contributed by atoms with Crippen LogP contribution in [0.15, 0.2) is 46.3 Å². The van der Waals surface area contributed by atoms with Crippen LogP contribution < -0.4 is 26.2 Å². The molecule has 0 aliphatic carbocycles. The average Bonchev–Trinajstić information content (AvgIpc) is 2.66. The quantitative estimate of drug-likeness (QED) is 0.197. The first-order chi connectivity index (χ1) is 13.8. The molecule has 154 valence electrons. The highest BCUT2D eigenvalue weighted by Crippen LogP contribution is 2.34. The predicted octanol–water partition coefficient (Wildman–Crippen LogP) is 2.77. The number of primary amides is 1. The number of nitrogens with zero attached hydrogens (tertiary/aromatic N) is 1. The standard InChI is InChI=1S/C19H24N6O3S/c1-11(2)28-13-5-3-12(4-6-13)25-29-17-7-14(19(22)27)16(26)8-15(17)23-9-18(21)24-10-20/h3-8,10-11,23,25-26H,9H2,1-2H3,(H2,22,27)(H3,20,21,24). The molecule has 8 N–H and O–H groups in total. The summed E-state index contributed by atoms with van der Waals surface area (Å²) in [5.74, 6) is -0.0271. The van der Waals surface area contributed by atoms with Gasteiger partial charge in [0.05, 0.1) is 28.8 Å². The molecule has 0 aliphatic heterocycles. The van der Waals surface area contributed by atoms with Crippen LogP contribution in [0.2, 0.25) is 0 Å². The lowest BCUT2D eigenvalue weighted by molar-refractivity contribution is 0.0997. The fourth-order valence-corrected chi connectivity index (χ4v) is 3.07. The van der Waals surface area contributed by atoms with Crippen LogP contribution in [0.3, 0.4) is 0 Å². The molecule has 0 saturated heterocycles. The van der Waals surface area contributed by atoms with E-state index < -0.39 is 5.91 Å². The Bertz CT molecular complexity index is 900. The molecule has 0 spiro atoms. The number of carbonyl (C=O) groups is 1. The largest absolute Gasteiger partial charge is 0.507 e. The zero-order chi connectivity index (χ0) is 21.4. The van der Waals surface area contributed by atoms with Crippen molar-refractivity contribution in [3.8, 4) is 11.5 Å². The molecular weight excluding hydrogens is 392 g/mol. The average molecular weight is 417 g/mol. The Balaban J connectivity index is 2.19. The van der Waals surface area contributed by atoms with Crippen molar-refractivity contribution < 1.29 is 14.6 Å². The minimum atomic E-state index is -0.740. The van der Waals surface area contributed by atoms with Gasteiger partial charge in [-0.3, -0.25) is 10.2 Å². The molecule has 0 unspecified atom stereocenters. The number of benzene rings is 2. The molecule has 0 fully saturated rings. The molecule has 29 heavy (non-hydrogen) atoms. The van der Waals surface area contributed by atoms with E-state index in [0.29, 0.717) is 10.6 Å². The Morgan fingerprint density at radius 3 is 2.59 bits per heavy atom. The number of rotatable bonds is 10. The summed E-state index contributed by atoms with van der Waals surface area (Å²) >= 11 is 1.23. The highest BCUT2D eigenvalue weighted by molar-refractivity contribution is 8.00. The number of hydrogen-bond donors (Lipinski definition) is 6. The van der Waals surface area contributed by atoms with E-state index in [1.54, 1.807) is 0 Å². The molecule has 0 aromatic heterocycles. The molecule has 0 aliphatic rings. The maximum atomic E-state index is 11.6. The number of phenols is 1. The highest BCUT2D eigenvalue weighted by Gasteiger charge is 2.14. The fourth-order valence-electron chi connectivity index (χ4n) is 2.29. The van der Waals surface area contributed by atoms with Gasteiger partial charge in [-0.15, -0.1) is 0 Å². The van der Waals surface area contributed by atoms with Gasteiger partial charge in [-0.1, -0.05) is 0 Å². The number of amidine groups is 1. The number of ether oxygens (including phenoxy) is 1. The van der Waals surface area contributed by atoms with Gasteiger partial charge >= 0.3 is 0 Å². The van der Waals surface area contributed by atoms with E-state index >= 15 is 0 Å². The number of amides is 1. The summed E-state index contributed by atoms with van der Waals surface area (Å²) in [4.78, 5) is 15.8. The van der Waals surface area contributed by atoms with Crippen molar-refractivity contribution in [2.24, 2.45) is 16.5 Å². The summed E-state index contributed by atoms with van der Waals surface area (Å²) < 4.78 is 8.79. The normalized spacial score (nSPS) is 11.2. The van der Waals surface area contributed by atoms with Crippen LogP contribution in [-0.2, 0) is 0 Å². The summed E-state index contributed by atoms with van der Waals surface area (Å²) in [6, 6.07) is 10.3.